The van der Waals surface area contributed by atoms with E-state index in [0.717, 1.165) is 12.8 Å². The van der Waals surface area contributed by atoms with E-state index >= 15 is 0 Å². The smallest absolute Gasteiger partial charge is 0.226 e. The molecule has 0 aromatic carbocycles. The second kappa shape index (κ2) is 5.92. The molecule has 20 heavy (non-hydrogen) atoms. The van der Waals surface area contributed by atoms with Crippen LogP contribution < -0.4 is 5.32 Å². The molecule has 1 amide bonds. The normalized spacial score (nSPS) is 21.2. The van der Waals surface area contributed by atoms with Gasteiger partial charge in [-0.15, -0.1) is 0 Å². The van der Waals surface area contributed by atoms with E-state index in [1.807, 2.05) is 0 Å². The van der Waals surface area contributed by atoms with Gasteiger partial charge < -0.3 is 5.32 Å². The lowest BCUT2D eigenvalue weighted by atomic mass is 9.71. The van der Waals surface area contributed by atoms with Crippen LogP contribution in [0.25, 0.3) is 0 Å². The van der Waals surface area contributed by atoms with Crippen LogP contribution in [0, 0.1) is 29.6 Å². The third-order valence-corrected chi connectivity index (χ3v) is 4.90. The largest absolute Gasteiger partial charge is 0.302 e. The fourth-order valence-electron chi connectivity index (χ4n) is 3.02. The number of nitrogens with one attached hydrogen (secondary N) is 1. The molecular weight excluding hydrogens is 270 g/mol. The van der Waals surface area contributed by atoms with Crippen molar-refractivity contribution >= 4 is 22.4 Å². The van der Waals surface area contributed by atoms with Gasteiger partial charge >= 0.3 is 0 Å². The average Bonchev–Trinajstić information content (AvgIpc) is 2.67. The molecule has 0 saturated heterocycles. The monoisotopic (exact) mass is 291 g/mol. The lowest BCUT2D eigenvalue weighted by molar-refractivity contribution is -0.117. The highest BCUT2D eigenvalue weighted by Gasteiger charge is 2.29. The molecule has 1 aliphatic rings. The molecule has 1 heterocycles. The zero-order valence-electron chi connectivity index (χ0n) is 12.3. The Morgan fingerprint density at radius 2 is 2.35 bits per heavy atom. The second-order valence-electron chi connectivity index (χ2n) is 6.42. The SMILES string of the molecule is Cc1nc(NC(=O)C[C@H]2CCCC(C)(C)C2)sc1C#N. The standard InChI is InChI=1S/C15H21N3OS/c1-10-12(9-16)20-14(17-10)18-13(19)7-11-5-4-6-15(2,3)8-11/h11H,4-8H2,1-3H3,(H,17,18,19)/t11-/m1/s1. The van der Waals surface area contributed by atoms with Crippen molar-refractivity contribution in [2.75, 3.05) is 5.32 Å². The van der Waals surface area contributed by atoms with Crippen molar-refractivity contribution in [3.63, 3.8) is 0 Å². The zero-order valence-corrected chi connectivity index (χ0v) is 13.1. The molecule has 5 heteroatoms. The molecule has 1 atom stereocenters. The lowest BCUT2D eigenvalue weighted by Crippen LogP contribution is -2.26. The van der Waals surface area contributed by atoms with Crippen LogP contribution in [-0.4, -0.2) is 10.9 Å². The molecule has 1 fully saturated rings. The Morgan fingerprint density at radius 1 is 1.60 bits per heavy atom. The predicted molar refractivity (Wildman–Crippen MR) is 80.6 cm³/mol. The van der Waals surface area contributed by atoms with Crippen LogP contribution in [0.3, 0.4) is 0 Å². The van der Waals surface area contributed by atoms with Crippen molar-refractivity contribution in [1.29, 1.82) is 5.26 Å². The summed E-state index contributed by atoms with van der Waals surface area (Å²) in [5.41, 5.74) is 1.04. The first kappa shape index (κ1) is 15.0. The van der Waals surface area contributed by atoms with E-state index in [9.17, 15) is 4.79 Å². The van der Waals surface area contributed by atoms with E-state index in [-0.39, 0.29) is 5.91 Å². The predicted octanol–water partition coefficient (Wildman–Crippen LogP) is 3.87. The van der Waals surface area contributed by atoms with E-state index in [1.54, 1.807) is 6.92 Å². The van der Waals surface area contributed by atoms with Crippen molar-refractivity contribution in [1.82, 2.24) is 4.98 Å². The van der Waals surface area contributed by atoms with E-state index in [2.05, 4.69) is 30.2 Å². The van der Waals surface area contributed by atoms with E-state index in [1.165, 1.54) is 24.2 Å². The Kier molecular flexibility index (Phi) is 4.44. The maximum absolute atomic E-state index is 12.1. The van der Waals surface area contributed by atoms with Gasteiger partial charge in [0.25, 0.3) is 0 Å². The van der Waals surface area contributed by atoms with Gasteiger partial charge in [-0.2, -0.15) is 5.26 Å². The molecule has 0 spiro atoms. The van der Waals surface area contributed by atoms with Crippen LogP contribution in [0.5, 0.6) is 0 Å². The molecule has 0 aliphatic heterocycles. The van der Waals surface area contributed by atoms with Crippen LogP contribution in [-0.2, 0) is 4.79 Å². The molecule has 4 nitrogen and oxygen atoms in total. The summed E-state index contributed by atoms with van der Waals surface area (Å²) in [6.07, 6.45) is 5.27. The molecule has 1 aromatic rings. The van der Waals surface area contributed by atoms with Gasteiger partial charge in [-0.05, 0) is 37.5 Å². The molecule has 1 aromatic heterocycles. The number of hydrogen-bond donors (Lipinski definition) is 1. The van der Waals surface area contributed by atoms with Gasteiger partial charge in [0.2, 0.25) is 5.91 Å². The minimum absolute atomic E-state index is 0.0194. The summed E-state index contributed by atoms with van der Waals surface area (Å²) in [6.45, 7) is 6.34. The van der Waals surface area contributed by atoms with Gasteiger partial charge in [-0.3, -0.25) is 4.79 Å². The van der Waals surface area contributed by atoms with Crippen LogP contribution in [0.15, 0.2) is 0 Å². The number of thiazole rings is 1. The molecule has 0 radical (unpaired) electrons. The minimum atomic E-state index is 0.0194. The highest BCUT2D eigenvalue weighted by atomic mass is 32.1. The number of anilines is 1. The Morgan fingerprint density at radius 3 is 2.95 bits per heavy atom. The molecule has 2 rings (SSSR count). The summed E-state index contributed by atoms with van der Waals surface area (Å²) >= 11 is 1.25. The van der Waals surface area contributed by atoms with Gasteiger partial charge in [-0.25, -0.2) is 4.98 Å². The maximum Gasteiger partial charge on any atom is 0.226 e. The van der Waals surface area contributed by atoms with Crippen LogP contribution >= 0.6 is 11.3 Å². The van der Waals surface area contributed by atoms with E-state index in [4.69, 9.17) is 5.26 Å². The van der Waals surface area contributed by atoms with Gasteiger partial charge in [-0.1, -0.05) is 31.6 Å². The molecule has 1 saturated carbocycles. The maximum atomic E-state index is 12.1. The second-order valence-corrected chi connectivity index (χ2v) is 7.42. The summed E-state index contributed by atoms with van der Waals surface area (Å²) < 4.78 is 0. The van der Waals surface area contributed by atoms with Crippen LogP contribution in [0.4, 0.5) is 5.13 Å². The van der Waals surface area contributed by atoms with Crippen molar-refractivity contribution in [2.24, 2.45) is 11.3 Å². The number of aromatic nitrogens is 1. The molecular formula is C15H21N3OS. The number of rotatable bonds is 3. The van der Waals surface area contributed by atoms with Crippen molar-refractivity contribution in [2.45, 2.75) is 52.9 Å². The number of nitrogens with zero attached hydrogens (tertiary/aromatic N) is 2. The summed E-state index contributed by atoms with van der Waals surface area (Å²) in [5, 5.41) is 12.3. The number of hydrogen-bond acceptors (Lipinski definition) is 4. The topological polar surface area (TPSA) is 65.8 Å². The Labute approximate surface area is 124 Å². The first-order valence-corrected chi connectivity index (χ1v) is 7.89. The molecule has 0 unspecified atom stereocenters. The fraction of sp³-hybridized carbons (Fsp3) is 0.667. The van der Waals surface area contributed by atoms with E-state index in [0.29, 0.717) is 33.5 Å². The quantitative estimate of drug-likeness (QED) is 0.919. The van der Waals surface area contributed by atoms with E-state index < -0.39 is 0 Å². The van der Waals surface area contributed by atoms with Crippen molar-refractivity contribution in [3.8, 4) is 6.07 Å². The lowest BCUT2D eigenvalue weighted by Gasteiger charge is -2.34. The first-order chi connectivity index (χ1) is 9.39. The molecule has 1 N–H and O–H groups in total. The van der Waals surface area contributed by atoms with Gasteiger partial charge in [0.15, 0.2) is 5.13 Å². The third kappa shape index (κ3) is 3.80. The fourth-order valence-corrected chi connectivity index (χ4v) is 3.80. The Bertz CT molecular complexity index is 542. The first-order valence-electron chi connectivity index (χ1n) is 7.07. The van der Waals surface area contributed by atoms with Crippen molar-refractivity contribution < 1.29 is 4.79 Å². The summed E-state index contributed by atoms with van der Waals surface area (Å²) in [6, 6.07) is 2.09. The highest BCUT2D eigenvalue weighted by Crippen LogP contribution is 2.39. The van der Waals surface area contributed by atoms with Crippen molar-refractivity contribution in [3.05, 3.63) is 10.6 Å². The molecule has 0 bridgehead atoms. The average molecular weight is 291 g/mol. The third-order valence-electron chi connectivity index (χ3n) is 3.93. The van der Waals surface area contributed by atoms with Gasteiger partial charge in [0, 0.05) is 6.42 Å². The minimum Gasteiger partial charge on any atom is -0.302 e. The van der Waals surface area contributed by atoms with Gasteiger partial charge in [0.1, 0.15) is 10.9 Å². The number of nitriles is 1. The Balaban J connectivity index is 1.90. The van der Waals surface area contributed by atoms with Crippen LogP contribution in [0.2, 0.25) is 0 Å². The molecule has 1 aliphatic carbocycles. The number of carbonyl (C=O) groups is 1. The highest BCUT2D eigenvalue weighted by molar-refractivity contribution is 7.16. The molecule has 108 valence electrons. The zero-order chi connectivity index (χ0) is 14.8. The summed E-state index contributed by atoms with van der Waals surface area (Å²) in [4.78, 5) is 16.8. The number of carbonyl (C=O) groups excluding carboxylic acids is 1. The summed E-state index contributed by atoms with van der Waals surface area (Å²) in [7, 11) is 0. The summed E-state index contributed by atoms with van der Waals surface area (Å²) in [5.74, 6) is 0.487. The number of aryl methyl sites for hydroxylation is 1. The Hall–Kier alpha value is -1.41. The van der Waals surface area contributed by atoms with Gasteiger partial charge in [0.05, 0.1) is 5.69 Å². The van der Waals surface area contributed by atoms with Crippen LogP contribution in [0.1, 0.15) is 56.5 Å². The number of amides is 1.